The van der Waals surface area contributed by atoms with Gasteiger partial charge in [0.15, 0.2) is 6.61 Å². The lowest BCUT2D eigenvalue weighted by Crippen LogP contribution is -2.35. The number of carbonyl (C=O) groups excluding carboxylic acids is 3. The van der Waals surface area contributed by atoms with Crippen molar-refractivity contribution in [3.8, 4) is 11.5 Å². The Morgan fingerprint density at radius 1 is 0.614 bits per heavy atom. The fraction of sp³-hybridized carbons (Fsp3) is 0.271. The Kier molecular flexibility index (Phi) is 12.6. The van der Waals surface area contributed by atoms with E-state index in [0.717, 1.165) is 47.8 Å². The third-order valence-corrected chi connectivity index (χ3v) is 10.5. The molecule has 0 atom stereocenters. The summed E-state index contributed by atoms with van der Waals surface area (Å²) in [5.41, 5.74) is 9.71. The molecule has 2 fully saturated rings. The van der Waals surface area contributed by atoms with E-state index in [4.69, 9.17) is 20.3 Å². The van der Waals surface area contributed by atoms with Gasteiger partial charge in [-0.15, -0.1) is 0 Å². The molecule has 2 aliphatic carbocycles. The topological polar surface area (TPSA) is 140 Å². The average Bonchev–Trinajstić information content (AvgIpc) is 4.18. The molecule has 294 valence electrons. The molecule has 0 spiro atoms. The molecular weight excluding hydrogens is 715 g/mol. The highest BCUT2D eigenvalue weighted by Crippen LogP contribution is 2.49. The van der Waals surface area contributed by atoms with Crippen LogP contribution in [0.5, 0.6) is 11.5 Å². The number of ether oxygens (including phenoxy) is 2. The van der Waals surface area contributed by atoms with Crippen LogP contribution in [0.3, 0.4) is 0 Å². The van der Waals surface area contributed by atoms with Gasteiger partial charge in [-0.05, 0) is 108 Å². The number of benzene rings is 6. The summed E-state index contributed by atoms with van der Waals surface area (Å²) in [5, 5.41) is 20.1. The zero-order valence-corrected chi connectivity index (χ0v) is 33.1. The molecule has 6 aromatic rings. The standard InChI is InChI=1S/C23H22N2O3.C23H23NO3.C2H6/c1-15-9-10-17(28-14-21(24)26)13-19(15)22(27)25-23(11-12-23)20-8-4-6-16-5-2-3-7-18(16)20;1-16-9-10-18(27-14-13-25)15-20(16)22(26)24-23(11-12-23)21-8-4-6-17-5-2-3-7-19(17)21;1-2/h2-10,13H,11-12,14H2,1H3,(H2,24,26)(H,25,27);2-10,15,25H,11-14H2,1H3,(H,24,26);1-2H3. The lowest BCUT2D eigenvalue weighted by Gasteiger charge is -2.21. The van der Waals surface area contributed by atoms with Crippen molar-refractivity contribution in [2.45, 2.75) is 64.5 Å². The fourth-order valence-corrected chi connectivity index (χ4v) is 7.22. The van der Waals surface area contributed by atoms with Crippen LogP contribution in [0.1, 0.15) is 82.5 Å². The van der Waals surface area contributed by atoms with Gasteiger partial charge in [0.1, 0.15) is 18.1 Å². The van der Waals surface area contributed by atoms with Crippen LogP contribution in [0.2, 0.25) is 0 Å². The van der Waals surface area contributed by atoms with Gasteiger partial charge >= 0.3 is 0 Å². The number of carbonyl (C=O) groups is 3. The summed E-state index contributed by atoms with van der Waals surface area (Å²) >= 11 is 0. The van der Waals surface area contributed by atoms with Crippen LogP contribution in [0.4, 0.5) is 0 Å². The molecule has 2 saturated carbocycles. The molecule has 3 amide bonds. The van der Waals surface area contributed by atoms with Crippen molar-refractivity contribution >= 4 is 39.3 Å². The number of hydrogen-bond donors (Lipinski definition) is 4. The molecule has 8 rings (SSSR count). The molecule has 0 bridgehead atoms. The first kappa shape index (κ1) is 40.5. The highest BCUT2D eigenvalue weighted by Gasteiger charge is 2.47. The molecule has 5 N–H and O–H groups in total. The first-order valence-corrected chi connectivity index (χ1v) is 19.6. The van der Waals surface area contributed by atoms with E-state index in [1.807, 2.05) is 76.2 Å². The monoisotopic (exact) mass is 765 g/mol. The van der Waals surface area contributed by atoms with Crippen molar-refractivity contribution in [3.63, 3.8) is 0 Å². The van der Waals surface area contributed by atoms with Crippen molar-refractivity contribution in [2.24, 2.45) is 5.73 Å². The van der Waals surface area contributed by atoms with Crippen molar-refractivity contribution in [2.75, 3.05) is 19.8 Å². The van der Waals surface area contributed by atoms with Crippen LogP contribution in [-0.4, -0.2) is 42.6 Å². The molecule has 0 heterocycles. The molecule has 6 aromatic carbocycles. The third kappa shape index (κ3) is 9.27. The van der Waals surface area contributed by atoms with E-state index in [0.29, 0.717) is 22.6 Å². The number of rotatable bonds is 12. The van der Waals surface area contributed by atoms with E-state index < -0.39 is 5.91 Å². The summed E-state index contributed by atoms with van der Waals surface area (Å²) in [6.45, 7) is 7.74. The quantitative estimate of drug-likeness (QED) is 0.0987. The first-order valence-electron chi connectivity index (χ1n) is 19.6. The minimum Gasteiger partial charge on any atom is -0.491 e. The predicted molar refractivity (Wildman–Crippen MR) is 226 cm³/mol. The van der Waals surface area contributed by atoms with Gasteiger partial charge in [-0.2, -0.15) is 0 Å². The average molecular weight is 766 g/mol. The zero-order valence-electron chi connectivity index (χ0n) is 33.1. The second-order valence-electron chi connectivity index (χ2n) is 14.4. The van der Waals surface area contributed by atoms with Gasteiger partial charge in [0.05, 0.1) is 17.7 Å². The Balaban J connectivity index is 0.000000185. The molecule has 9 nitrogen and oxygen atoms in total. The maximum Gasteiger partial charge on any atom is 0.255 e. The van der Waals surface area contributed by atoms with E-state index in [-0.39, 0.29) is 42.7 Å². The molecule has 0 unspecified atom stereocenters. The Bertz CT molecular complexity index is 2390. The molecule has 0 radical (unpaired) electrons. The highest BCUT2D eigenvalue weighted by molar-refractivity contribution is 5.98. The van der Waals surface area contributed by atoms with Gasteiger partial charge in [0, 0.05) is 11.1 Å². The second-order valence-corrected chi connectivity index (χ2v) is 14.4. The molecule has 9 heteroatoms. The van der Waals surface area contributed by atoms with E-state index >= 15 is 0 Å². The van der Waals surface area contributed by atoms with Crippen molar-refractivity contribution in [3.05, 3.63) is 155 Å². The lowest BCUT2D eigenvalue weighted by atomic mass is 9.96. The zero-order chi connectivity index (χ0) is 40.6. The summed E-state index contributed by atoms with van der Waals surface area (Å²) in [5.74, 6) is 0.249. The van der Waals surface area contributed by atoms with Crippen LogP contribution in [0, 0.1) is 13.8 Å². The number of amides is 3. The van der Waals surface area contributed by atoms with Crippen LogP contribution in [0.25, 0.3) is 21.5 Å². The normalized spacial score (nSPS) is 14.2. The smallest absolute Gasteiger partial charge is 0.255 e. The third-order valence-electron chi connectivity index (χ3n) is 10.5. The van der Waals surface area contributed by atoms with Gasteiger partial charge in [-0.25, -0.2) is 0 Å². The Hall–Kier alpha value is -6.19. The summed E-state index contributed by atoms with van der Waals surface area (Å²) in [6, 6.07) is 39.6. The maximum absolute atomic E-state index is 13.1. The fourth-order valence-electron chi connectivity index (χ4n) is 7.22. The van der Waals surface area contributed by atoms with Crippen molar-refractivity contribution in [1.29, 1.82) is 0 Å². The van der Waals surface area contributed by atoms with Gasteiger partial charge in [0.2, 0.25) is 0 Å². The second kappa shape index (κ2) is 17.7. The van der Waals surface area contributed by atoms with Crippen molar-refractivity contribution in [1.82, 2.24) is 10.6 Å². The summed E-state index contributed by atoms with van der Waals surface area (Å²) in [4.78, 5) is 37.0. The minimum atomic E-state index is -0.556. The molecule has 0 aliphatic heterocycles. The van der Waals surface area contributed by atoms with Gasteiger partial charge < -0.3 is 30.9 Å². The molecule has 2 aliphatic rings. The number of hydrogen-bond acceptors (Lipinski definition) is 6. The van der Waals surface area contributed by atoms with Crippen LogP contribution in [0.15, 0.2) is 121 Å². The van der Waals surface area contributed by atoms with Crippen LogP contribution >= 0.6 is 0 Å². The maximum atomic E-state index is 13.1. The van der Waals surface area contributed by atoms with E-state index in [1.54, 1.807) is 18.2 Å². The lowest BCUT2D eigenvalue weighted by molar-refractivity contribution is -0.119. The molecule has 0 aromatic heterocycles. The number of aryl methyl sites for hydroxylation is 2. The summed E-state index contributed by atoms with van der Waals surface area (Å²) < 4.78 is 10.8. The van der Waals surface area contributed by atoms with Gasteiger partial charge in [-0.3, -0.25) is 14.4 Å². The number of aliphatic hydroxyl groups is 1. The SMILES string of the molecule is CC.Cc1ccc(OCC(N)=O)cc1C(=O)NC1(c2cccc3ccccc23)CC1.Cc1ccc(OCCO)cc1C(=O)NC1(c2cccc3ccccc23)CC1. The van der Waals surface area contributed by atoms with E-state index in [9.17, 15) is 14.4 Å². The Morgan fingerprint density at radius 3 is 1.46 bits per heavy atom. The van der Waals surface area contributed by atoms with Crippen LogP contribution < -0.4 is 25.8 Å². The number of primary amides is 1. The number of aliphatic hydroxyl groups excluding tert-OH is 1. The molecule has 57 heavy (non-hydrogen) atoms. The van der Waals surface area contributed by atoms with Gasteiger partial charge in [-0.1, -0.05) is 111 Å². The van der Waals surface area contributed by atoms with E-state index in [2.05, 4.69) is 65.2 Å². The Morgan fingerprint density at radius 2 is 1.04 bits per heavy atom. The molecule has 0 saturated heterocycles. The van der Waals surface area contributed by atoms with E-state index in [1.165, 1.54) is 21.7 Å². The number of fused-ring (bicyclic) bond motifs is 2. The minimum absolute atomic E-state index is 0.0560. The largest absolute Gasteiger partial charge is 0.491 e. The highest BCUT2D eigenvalue weighted by atomic mass is 16.5. The molecular formula is C48H51N3O6. The predicted octanol–water partition coefficient (Wildman–Crippen LogP) is 8.40. The number of nitrogens with one attached hydrogen (secondary N) is 2. The summed E-state index contributed by atoms with van der Waals surface area (Å²) in [6.07, 6.45) is 3.69. The Labute approximate surface area is 334 Å². The van der Waals surface area contributed by atoms with Gasteiger partial charge in [0.25, 0.3) is 17.7 Å². The first-order chi connectivity index (χ1) is 27.6. The van der Waals surface area contributed by atoms with Crippen molar-refractivity contribution < 1.29 is 29.0 Å². The van der Waals surface area contributed by atoms with Crippen LogP contribution in [-0.2, 0) is 15.9 Å². The summed E-state index contributed by atoms with van der Waals surface area (Å²) in [7, 11) is 0. The number of nitrogens with two attached hydrogens (primary N) is 1.